The van der Waals surface area contributed by atoms with Crippen LogP contribution in [0.3, 0.4) is 0 Å². The van der Waals surface area contributed by atoms with Crippen LogP contribution in [0.15, 0.2) is 29.3 Å². The molecule has 0 radical (unpaired) electrons. The number of nitrogens with zero attached hydrogens (tertiary/aromatic N) is 2. The normalized spacial score (nSPS) is 16.9. The number of carbonyl (C=O) groups is 2. The van der Waals surface area contributed by atoms with E-state index in [0.29, 0.717) is 31.9 Å². The van der Waals surface area contributed by atoms with Crippen LogP contribution >= 0.6 is 0 Å². The quantitative estimate of drug-likeness (QED) is 0.505. The van der Waals surface area contributed by atoms with E-state index >= 15 is 0 Å². The molecule has 0 aliphatic carbocycles. The van der Waals surface area contributed by atoms with Gasteiger partial charge in [-0.25, -0.2) is 0 Å². The molecule has 7 heteroatoms. The Bertz CT molecular complexity index is 674. The summed E-state index contributed by atoms with van der Waals surface area (Å²) in [6.07, 6.45) is 2.83. The first-order valence-corrected chi connectivity index (χ1v) is 9.69. The molecule has 1 aromatic carbocycles. The van der Waals surface area contributed by atoms with E-state index in [9.17, 15) is 9.59 Å². The molecule has 1 fully saturated rings. The van der Waals surface area contributed by atoms with Crippen molar-refractivity contribution < 1.29 is 9.59 Å². The summed E-state index contributed by atoms with van der Waals surface area (Å²) in [6, 6.07) is 8.01. The first kappa shape index (κ1) is 20.7. The number of amides is 2. The lowest BCUT2D eigenvalue weighted by Gasteiger charge is -2.19. The van der Waals surface area contributed by atoms with Gasteiger partial charge < -0.3 is 20.9 Å². The number of carbonyl (C=O) groups excluding carboxylic acids is 2. The summed E-state index contributed by atoms with van der Waals surface area (Å²) in [7, 11) is 1.74. The topological polar surface area (TPSA) is 85.8 Å². The molecule has 0 bridgehead atoms. The minimum absolute atomic E-state index is 0.0347. The molecule has 7 nitrogen and oxygen atoms in total. The second-order valence-electron chi connectivity index (χ2n) is 6.75. The summed E-state index contributed by atoms with van der Waals surface area (Å²) in [5, 5.41) is 9.60. The van der Waals surface area contributed by atoms with Crippen LogP contribution in [-0.4, -0.2) is 48.9 Å². The van der Waals surface area contributed by atoms with E-state index < -0.39 is 0 Å². The number of guanidine groups is 1. The molecule has 1 aliphatic rings. The lowest BCUT2D eigenvalue weighted by atomic mass is 10.2. The van der Waals surface area contributed by atoms with Crippen LogP contribution < -0.4 is 16.0 Å². The van der Waals surface area contributed by atoms with Gasteiger partial charge in [-0.15, -0.1) is 0 Å². The van der Waals surface area contributed by atoms with Crippen LogP contribution in [0.25, 0.3) is 0 Å². The van der Waals surface area contributed by atoms with Crippen LogP contribution in [0.2, 0.25) is 0 Å². The lowest BCUT2D eigenvalue weighted by molar-refractivity contribution is -0.129. The smallest absolute Gasteiger partial charge is 0.224 e. The third-order valence-corrected chi connectivity index (χ3v) is 4.56. The van der Waals surface area contributed by atoms with Crippen molar-refractivity contribution in [1.82, 2.24) is 15.5 Å². The van der Waals surface area contributed by atoms with Gasteiger partial charge in [0.2, 0.25) is 11.8 Å². The van der Waals surface area contributed by atoms with E-state index in [4.69, 9.17) is 0 Å². The first-order valence-electron chi connectivity index (χ1n) is 9.69. The molecule has 2 rings (SSSR count). The Balaban J connectivity index is 1.84. The Morgan fingerprint density at radius 3 is 2.81 bits per heavy atom. The molecule has 1 aliphatic heterocycles. The molecule has 1 aromatic rings. The zero-order valence-corrected chi connectivity index (χ0v) is 16.5. The minimum Gasteiger partial charge on any atom is -0.352 e. The summed E-state index contributed by atoms with van der Waals surface area (Å²) in [4.78, 5) is 29.7. The maximum absolute atomic E-state index is 11.8. The zero-order valence-electron chi connectivity index (χ0n) is 16.5. The van der Waals surface area contributed by atoms with E-state index in [-0.39, 0.29) is 17.9 Å². The molecule has 148 valence electrons. The first-order chi connectivity index (χ1) is 13.0. The summed E-state index contributed by atoms with van der Waals surface area (Å²) < 4.78 is 0. The molecular formula is C20H31N5O2. The van der Waals surface area contributed by atoms with Crippen LogP contribution in [0.5, 0.6) is 0 Å². The summed E-state index contributed by atoms with van der Waals surface area (Å²) in [5.74, 6) is 0.947. The average molecular weight is 374 g/mol. The second kappa shape index (κ2) is 10.5. The summed E-state index contributed by atoms with van der Waals surface area (Å²) in [6.45, 7) is 5.98. The number of hydrogen-bond donors (Lipinski definition) is 3. The highest BCUT2D eigenvalue weighted by Crippen LogP contribution is 2.12. The van der Waals surface area contributed by atoms with Crippen molar-refractivity contribution in [2.45, 2.75) is 52.1 Å². The summed E-state index contributed by atoms with van der Waals surface area (Å²) in [5.41, 5.74) is 1.86. The molecule has 1 atom stereocenters. The molecule has 0 aromatic heterocycles. The van der Waals surface area contributed by atoms with Gasteiger partial charge in [0.05, 0.1) is 0 Å². The van der Waals surface area contributed by atoms with E-state index in [1.54, 1.807) is 7.05 Å². The molecule has 1 unspecified atom stereocenters. The van der Waals surface area contributed by atoms with Crippen LogP contribution in [0, 0.1) is 0 Å². The Morgan fingerprint density at radius 2 is 2.11 bits per heavy atom. The highest BCUT2D eigenvalue weighted by Gasteiger charge is 2.25. The number of anilines is 1. The van der Waals surface area contributed by atoms with Gasteiger partial charge in [0.1, 0.15) is 0 Å². The van der Waals surface area contributed by atoms with Gasteiger partial charge >= 0.3 is 0 Å². The third kappa shape index (κ3) is 6.58. The number of aliphatic imine (C=N–C) groups is 1. The Labute approximate surface area is 161 Å². The highest BCUT2D eigenvalue weighted by atomic mass is 16.2. The average Bonchev–Trinajstić information content (AvgIpc) is 3.13. The second-order valence-corrected chi connectivity index (χ2v) is 6.75. The molecular weight excluding hydrogens is 342 g/mol. The third-order valence-electron chi connectivity index (χ3n) is 4.56. The summed E-state index contributed by atoms with van der Waals surface area (Å²) >= 11 is 0. The fraction of sp³-hybridized carbons (Fsp3) is 0.550. The number of hydrogen-bond acceptors (Lipinski definition) is 3. The zero-order chi connectivity index (χ0) is 19.6. The monoisotopic (exact) mass is 373 g/mol. The van der Waals surface area contributed by atoms with Crippen LogP contribution in [-0.2, 0) is 16.1 Å². The molecule has 3 N–H and O–H groups in total. The van der Waals surface area contributed by atoms with Gasteiger partial charge in [-0.3, -0.25) is 14.6 Å². The van der Waals surface area contributed by atoms with E-state index in [1.807, 2.05) is 43.0 Å². The van der Waals surface area contributed by atoms with Gasteiger partial charge in [0.25, 0.3) is 0 Å². The predicted octanol–water partition coefficient (Wildman–Crippen LogP) is 2.10. The fourth-order valence-corrected chi connectivity index (χ4v) is 3.11. The minimum atomic E-state index is 0.0347. The van der Waals surface area contributed by atoms with Gasteiger partial charge in [-0.1, -0.05) is 26.0 Å². The molecule has 1 saturated heterocycles. The SMILES string of the molecule is CCCC(=O)Nc1cccc(CNC(=NC)NC2CCN(C(=O)CC)C2)c1. The van der Waals surface area contributed by atoms with E-state index in [1.165, 1.54) is 0 Å². The number of rotatable bonds is 7. The van der Waals surface area contributed by atoms with Crippen molar-refractivity contribution in [3.63, 3.8) is 0 Å². The fourth-order valence-electron chi connectivity index (χ4n) is 3.11. The molecule has 27 heavy (non-hydrogen) atoms. The number of likely N-dealkylation sites (tertiary alicyclic amines) is 1. The maximum Gasteiger partial charge on any atom is 0.224 e. The molecule has 0 saturated carbocycles. The standard InChI is InChI=1S/C20H31N5O2/c1-4-7-18(26)23-16-9-6-8-15(12-16)13-22-20(21-3)24-17-10-11-25(14-17)19(27)5-2/h6,8-9,12,17H,4-5,7,10-11,13-14H2,1-3H3,(H,23,26)(H2,21,22,24). The lowest BCUT2D eigenvalue weighted by Crippen LogP contribution is -2.44. The van der Waals surface area contributed by atoms with Gasteiger partial charge in [-0.2, -0.15) is 0 Å². The van der Waals surface area contributed by atoms with Crippen molar-refractivity contribution >= 4 is 23.5 Å². The van der Waals surface area contributed by atoms with Crippen LogP contribution in [0.4, 0.5) is 5.69 Å². The van der Waals surface area contributed by atoms with Crippen LogP contribution in [0.1, 0.15) is 45.1 Å². The molecule has 1 heterocycles. The van der Waals surface area contributed by atoms with Gasteiger partial charge in [0.15, 0.2) is 5.96 Å². The van der Waals surface area contributed by atoms with Crippen molar-refractivity contribution in [3.05, 3.63) is 29.8 Å². The highest BCUT2D eigenvalue weighted by molar-refractivity contribution is 5.90. The van der Waals surface area contributed by atoms with E-state index in [2.05, 4.69) is 20.9 Å². The van der Waals surface area contributed by atoms with Gasteiger partial charge in [0, 0.05) is 51.3 Å². The number of nitrogens with one attached hydrogen (secondary N) is 3. The van der Waals surface area contributed by atoms with Crippen molar-refractivity contribution in [1.29, 1.82) is 0 Å². The molecule has 0 spiro atoms. The van der Waals surface area contributed by atoms with Crippen molar-refractivity contribution in [3.8, 4) is 0 Å². The Morgan fingerprint density at radius 1 is 1.30 bits per heavy atom. The number of benzene rings is 1. The van der Waals surface area contributed by atoms with Crippen molar-refractivity contribution in [2.75, 3.05) is 25.5 Å². The van der Waals surface area contributed by atoms with Gasteiger partial charge in [-0.05, 0) is 30.5 Å². The largest absolute Gasteiger partial charge is 0.352 e. The van der Waals surface area contributed by atoms with Crippen molar-refractivity contribution in [2.24, 2.45) is 4.99 Å². The predicted molar refractivity (Wildman–Crippen MR) is 109 cm³/mol. The maximum atomic E-state index is 11.8. The molecule has 2 amide bonds. The van der Waals surface area contributed by atoms with E-state index in [0.717, 1.165) is 30.6 Å². The Hall–Kier alpha value is -2.57. The Kier molecular flexibility index (Phi) is 8.10.